The largest absolute Gasteiger partial charge is 0.377 e. The van der Waals surface area contributed by atoms with E-state index in [2.05, 4.69) is 25.8 Å². The predicted octanol–water partition coefficient (Wildman–Crippen LogP) is 2.67. The SMILES string of the molecule is CC1(C)COCCN1C(=O)c1ccc(Nc2nc3ccccc3n3nnnc23)cc1. The van der Waals surface area contributed by atoms with Gasteiger partial charge in [-0.05, 0) is 60.7 Å². The number of morpholine rings is 1. The first-order valence-corrected chi connectivity index (χ1v) is 9.77. The topological polar surface area (TPSA) is 97.5 Å². The number of benzene rings is 2. The summed E-state index contributed by atoms with van der Waals surface area (Å²) in [5, 5.41) is 15.2. The van der Waals surface area contributed by atoms with Gasteiger partial charge < -0.3 is 15.0 Å². The van der Waals surface area contributed by atoms with Gasteiger partial charge >= 0.3 is 0 Å². The Morgan fingerprint density at radius 3 is 2.73 bits per heavy atom. The molecule has 5 rings (SSSR count). The minimum absolute atomic E-state index is 0.00253. The molecule has 0 unspecified atom stereocenters. The molecule has 1 aliphatic rings. The van der Waals surface area contributed by atoms with Crippen molar-refractivity contribution in [2.75, 3.05) is 25.1 Å². The van der Waals surface area contributed by atoms with E-state index in [1.165, 1.54) is 0 Å². The van der Waals surface area contributed by atoms with Crippen LogP contribution in [0.5, 0.6) is 0 Å². The molecule has 0 bridgehead atoms. The van der Waals surface area contributed by atoms with Crippen molar-refractivity contribution in [2.45, 2.75) is 19.4 Å². The lowest BCUT2D eigenvalue weighted by Crippen LogP contribution is -2.55. The molecule has 152 valence electrons. The Kier molecular flexibility index (Phi) is 4.32. The molecule has 1 aliphatic heterocycles. The van der Waals surface area contributed by atoms with Crippen LogP contribution in [0, 0.1) is 0 Å². The van der Waals surface area contributed by atoms with Gasteiger partial charge in [0.25, 0.3) is 5.91 Å². The molecule has 9 heteroatoms. The third-order valence-corrected chi connectivity index (χ3v) is 5.31. The number of hydrogen-bond donors (Lipinski definition) is 1. The number of rotatable bonds is 3. The summed E-state index contributed by atoms with van der Waals surface area (Å²) in [5.41, 5.74) is 3.24. The normalized spacial score (nSPS) is 16.1. The van der Waals surface area contributed by atoms with Gasteiger partial charge in [-0.25, -0.2) is 4.98 Å². The highest BCUT2D eigenvalue weighted by Gasteiger charge is 2.34. The van der Waals surface area contributed by atoms with Gasteiger partial charge in [-0.2, -0.15) is 4.52 Å². The molecule has 1 saturated heterocycles. The fourth-order valence-corrected chi connectivity index (χ4v) is 3.71. The summed E-state index contributed by atoms with van der Waals surface area (Å²) >= 11 is 0. The van der Waals surface area contributed by atoms with Gasteiger partial charge in [-0.15, -0.1) is 5.10 Å². The van der Waals surface area contributed by atoms with Gasteiger partial charge in [0.2, 0.25) is 5.65 Å². The summed E-state index contributed by atoms with van der Waals surface area (Å²) < 4.78 is 7.17. The van der Waals surface area contributed by atoms with Crippen LogP contribution >= 0.6 is 0 Å². The average Bonchev–Trinajstić information content (AvgIpc) is 3.24. The summed E-state index contributed by atoms with van der Waals surface area (Å²) in [6.07, 6.45) is 0. The fraction of sp³-hybridized carbons (Fsp3) is 0.286. The van der Waals surface area contributed by atoms with Crippen LogP contribution in [0.3, 0.4) is 0 Å². The highest BCUT2D eigenvalue weighted by Crippen LogP contribution is 2.25. The molecule has 0 atom stereocenters. The third-order valence-electron chi connectivity index (χ3n) is 5.31. The number of anilines is 2. The minimum Gasteiger partial charge on any atom is -0.377 e. The number of aromatic nitrogens is 5. The minimum atomic E-state index is -0.326. The van der Waals surface area contributed by atoms with Gasteiger partial charge in [0.05, 0.1) is 29.8 Å². The quantitative estimate of drug-likeness (QED) is 0.562. The van der Waals surface area contributed by atoms with E-state index in [9.17, 15) is 4.79 Å². The van der Waals surface area contributed by atoms with Crippen molar-refractivity contribution >= 4 is 34.1 Å². The number of ether oxygens (including phenoxy) is 1. The number of tetrazole rings is 1. The third kappa shape index (κ3) is 3.13. The van der Waals surface area contributed by atoms with E-state index in [-0.39, 0.29) is 11.4 Å². The molecule has 0 radical (unpaired) electrons. The molecule has 30 heavy (non-hydrogen) atoms. The highest BCUT2D eigenvalue weighted by molar-refractivity contribution is 5.95. The second-order valence-corrected chi connectivity index (χ2v) is 7.89. The monoisotopic (exact) mass is 403 g/mol. The summed E-state index contributed by atoms with van der Waals surface area (Å²) in [7, 11) is 0. The Labute approximate surface area is 172 Å². The fourth-order valence-electron chi connectivity index (χ4n) is 3.71. The zero-order valence-electron chi connectivity index (χ0n) is 16.7. The summed E-state index contributed by atoms with van der Waals surface area (Å²) in [6.45, 7) is 5.72. The van der Waals surface area contributed by atoms with E-state index in [1.54, 1.807) is 4.52 Å². The van der Waals surface area contributed by atoms with E-state index in [0.29, 0.717) is 36.8 Å². The molecular weight excluding hydrogens is 382 g/mol. The Morgan fingerprint density at radius 2 is 1.93 bits per heavy atom. The Morgan fingerprint density at radius 1 is 1.13 bits per heavy atom. The number of nitrogens with one attached hydrogen (secondary N) is 1. The van der Waals surface area contributed by atoms with Crippen molar-refractivity contribution in [3.05, 3.63) is 54.1 Å². The Hall–Kier alpha value is -3.59. The molecule has 0 saturated carbocycles. The first-order chi connectivity index (χ1) is 14.5. The first kappa shape index (κ1) is 18.4. The van der Waals surface area contributed by atoms with Gasteiger partial charge in [0.1, 0.15) is 0 Å². The number of amides is 1. The maximum absolute atomic E-state index is 13.0. The molecule has 1 fully saturated rings. The predicted molar refractivity (Wildman–Crippen MR) is 112 cm³/mol. The molecule has 2 aromatic heterocycles. The molecule has 1 amide bonds. The molecule has 1 N–H and O–H groups in total. The van der Waals surface area contributed by atoms with Gasteiger partial charge in [0, 0.05) is 17.8 Å². The lowest BCUT2D eigenvalue weighted by molar-refractivity contribution is -0.0370. The Bertz CT molecular complexity index is 1230. The lowest BCUT2D eigenvalue weighted by Gasteiger charge is -2.42. The van der Waals surface area contributed by atoms with Crippen molar-refractivity contribution < 1.29 is 9.53 Å². The van der Waals surface area contributed by atoms with Crippen molar-refractivity contribution in [1.82, 2.24) is 29.9 Å². The van der Waals surface area contributed by atoms with Crippen LogP contribution in [-0.4, -0.2) is 61.1 Å². The van der Waals surface area contributed by atoms with E-state index in [4.69, 9.17) is 4.74 Å². The maximum atomic E-state index is 13.0. The van der Waals surface area contributed by atoms with Crippen molar-refractivity contribution in [1.29, 1.82) is 0 Å². The number of carbonyl (C=O) groups is 1. The van der Waals surface area contributed by atoms with Crippen LogP contribution in [0.1, 0.15) is 24.2 Å². The molecule has 0 spiro atoms. The Balaban J connectivity index is 1.43. The molecule has 3 heterocycles. The number of nitrogens with zero attached hydrogens (tertiary/aromatic N) is 6. The van der Waals surface area contributed by atoms with Crippen LogP contribution in [0.4, 0.5) is 11.5 Å². The van der Waals surface area contributed by atoms with Crippen molar-refractivity contribution in [3.8, 4) is 0 Å². The van der Waals surface area contributed by atoms with Crippen molar-refractivity contribution in [3.63, 3.8) is 0 Å². The zero-order valence-corrected chi connectivity index (χ0v) is 16.7. The smallest absolute Gasteiger partial charge is 0.254 e. The summed E-state index contributed by atoms with van der Waals surface area (Å²) in [5.74, 6) is 0.551. The van der Waals surface area contributed by atoms with Crippen LogP contribution in [-0.2, 0) is 4.74 Å². The van der Waals surface area contributed by atoms with Gasteiger partial charge in [-0.1, -0.05) is 12.1 Å². The molecular formula is C21H21N7O2. The lowest BCUT2D eigenvalue weighted by atomic mass is 10.0. The summed E-state index contributed by atoms with van der Waals surface area (Å²) in [4.78, 5) is 19.5. The number of para-hydroxylation sites is 2. The molecule has 9 nitrogen and oxygen atoms in total. The van der Waals surface area contributed by atoms with Gasteiger partial charge in [0.15, 0.2) is 5.82 Å². The second-order valence-electron chi connectivity index (χ2n) is 7.89. The number of fused-ring (bicyclic) bond motifs is 3. The first-order valence-electron chi connectivity index (χ1n) is 9.77. The number of hydrogen-bond acceptors (Lipinski definition) is 7. The van der Waals surface area contributed by atoms with Crippen LogP contribution < -0.4 is 5.32 Å². The zero-order chi connectivity index (χ0) is 20.7. The molecule has 4 aromatic rings. The standard InChI is InChI=1S/C21H21N7O2/c1-21(2)13-30-12-11-27(21)20(29)14-7-9-15(10-8-14)22-18-19-24-25-26-28(19)17-6-4-3-5-16(17)23-18/h3-10H,11-13H2,1-2H3,(H,22,23). The molecule has 2 aromatic carbocycles. The van der Waals surface area contributed by atoms with E-state index in [0.717, 1.165) is 16.7 Å². The van der Waals surface area contributed by atoms with E-state index in [1.807, 2.05) is 67.3 Å². The van der Waals surface area contributed by atoms with Crippen LogP contribution in [0.15, 0.2) is 48.5 Å². The van der Waals surface area contributed by atoms with Gasteiger partial charge in [-0.3, -0.25) is 4.79 Å². The maximum Gasteiger partial charge on any atom is 0.254 e. The average molecular weight is 403 g/mol. The van der Waals surface area contributed by atoms with Crippen LogP contribution in [0.25, 0.3) is 16.7 Å². The highest BCUT2D eigenvalue weighted by atomic mass is 16.5. The molecule has 0 aliphatic carbocycles. The second kappa shape index (κ2) is 7.03. The van der Waals surface area contributed by atoms with E-state index < -0.39 is 0 Å². The van der Waals surface area contributed by atoms with E-state index >= 15 is 0 Å². The van der Waals surface area contributed by atoms with Crippen molar-refractivity contribution in [2.24, 2.45) is 0 Å². The summed E-state index contributed by atoms with van der Waals surface area (Å²) in [6, 6.07) is 15.0. The number of carbonyl (C=O) groups excluding carboxylic acids is 1. The van der Waals surface area contributed by atoms with Crippen LogP contribution in [0.2, 0.25) is 0 Å².